The maximum absolute atomic E-state index is 15.4. The number of rotatable bonds is 14. The van der Waals surface area contributed by atoms with E-state index in [4.69, 9.17) is 24.0 Å². The van der Waals surface area contributed by atoms with E-state index in [-0.39, 0.29) is 42.3 Å². The van der Waals surface area contributed by atoms with E-state index in [1.807, 2.05) is 10.7 Å². The number of benzene rings is 2. The van der Waals surface area contributed by atoms with Crippen molar-refractivity contribution in [3.63, 3.8) is 0 Å². The van der Waals surface area contributed by atoms with Crippen LogP contribution < -0.4 is 14.8 Å². The van der Waals surface area contributed by atoms with Crippen LogP contribution in [-0.2, 0) is 43.9 Å². The molecule has 2 aromatic heterocycles. The molecule has 2 aromatic carbocycles. The van der Waals surface area contributed by atoms with Gasteiger partial charge in [0.1, 0.15) is 23.9 Å². The summed E-state index contributed by atoms with van der Waals surface area (Å²) in [6.45, 7) is 13.1. The van der Waals surface area contributed by atoms with Gasteiger partial charge in [0.2, 0.25) is 5.91 Å². The maximum atomic E-state index is 15.4. The fourth-order valence-electron chi connectivity index (χ4n) is 5.45. The van der Waals surface area contributed by atoms with Crippen LogP contribution in [-0.4, -0.2) is 84.5 Å². The summed E-state index contributed by atoms with van der Waals surface area (Å²) in [6.07, 6.45) is 1.82. The van der Waals surface area contributed by atoms with Gasteiger partial charge >= 0.3 is 0 Å². The van der Waals surface area contributed by atoms with Crippen LogP contribution in [0, 0.1) is 5.82 Å². The summed E-state index contributed by atoms with van der Waals surface area (Å²) in [5, 5.41) is 8.17. The molecule has 0 unspecified atom stereocenters. The zero-order chi connectivity index (χ0) is 34.3. The second-order valence-corrected chi connectivity index (χ2v) is 12.9. The van der Waals surface area contributed by atoms with Gasteiger partial charge in [-0.25, -0.2) is 4.39 Å². The van der Waals surface area contributed by atoms with Crippen LogP contribution in [0.25, 0.3) is 10.9 Å². The average molecular weight is 662 g/mol. The molecule has 12 heteroatoms. The van der Waals surface area contributed by atoms with Gasteiger partial charge in [-0.3, -0.25) is 24.2 Å². The first-order valence-electron chi connectivity index (χ1n) is 16.2. The number of aromatic nitrogens is 3. The van der Waals surface area contributed by atoms with Crippen molar-refractivity contribution in [2.75, 3.05) is 58.5 Å². The van der Waals surface area contributed by atoms with Crippen molar-refractivity contribution < 1.29 is 32.9 Å². The largest absolute Gasteiger partial charge is 0.489 e. The molecule has 1 saturated heterocycles. The predicted molar refractivity (Wildman–Crippen MR) is 180 cm³/mol. The minimum Gasteiger partial charge on any atom is -0.489 e. The summed E-state index contributed by atoms with van der Waals surface area (Å²) in [7, 11) is 1.57. The molecule has 1 N–H and O–H groups in total. The third-order valence-electron chi connectivity index (χ3n) is 8.02. The summed E-state index contributed by atoms with van der Waals surface area (Å²) < 4.78 is 39.7. The van der Waals surface area contributed by atoms with E-state index in [2.05, 4.69) is 36.0 Å². The molecule has 1 aliphatic heterocycles. The molecule has 11 nitrogen and oxygen atoms in total. The first kappa shape index (κ1) is 34.9. The Labute approximate surface area is 280 Å². The van der Waals surface area contributed by atoms with Crippen LogP contribution in [0.1, 0.15) is 44.6 Å². The van der Waals surface area contributed by atoms with E-state index >= 15 is 4.39 Å². The molecule has 48 heavy (non-hydrogen) atoms. The number of nitrogens with zero attached hydrogens (tertiary/aromatic N) is 4. The van der Waals surface area contributed by atoms with Gasteiger partial charge in [0.15, 0.2) is 11.6 Å². The number of methoxy groups -OCH3 is 1. The minimum absolute atomic E-state index is 0.00351. The first-order valence-corrected chi connectivity index (χ1v) is 16.2. The highest BCUT2D eigenvalue weighted by atomic mass is 19.1. The Morgan fingerprint density at radius 1 is 0.979 bits per heavy atom. The molecular formula is C36H44FN5O6. The number of nitrogens with one attached hydrogen (secondary N) is 1. The lowest BCUT2D eigenvalue weighted by Gasteiger charge is -2.26. The van der Waals surface area contributed by atoms with Crippen molar-refractivity contribution in [1.29, 1.82) is 0 Å². The van der Waals surface area contributed by atoms with Crippen LogP contribution in [0.5, 0.6) is 17.2 Å². The zero-order valence-corrected chi connectivity index (χ0v) is 28.3. The third-order valence-corrected chi connectivity index (χ3v) is 8.02. The molecular weight excluding hydrogens is 617 g/mol. The number of carbonyl (C=O) groups is 2. The number of amides is 1. The number of fused-ring (bicyclic) bond motifs is 1. The van der Waals surface area contributed by atoms with Crippen molar-refractivity contribution in [2.45, 2.75) is 52.5 Å². The fourth-order valence-corrected chi connectivity index (χ4v) is 5.45. The molecule has 0 spiro atoms. The van der Waals surface area contributed by atoms with Gasteiger partial charge in [-0.2, -0.15) is 5.10 Å². The second-order valence-electron chi connectivity index (χ2n) is 12.9. The van der Waals surface area contributed by atoms with Crippen molar-refractivity contribution >= 4 is 28.3 Å². The van der Waals surface area contributed by atoms with Gasteiger partial charge in [-0.15, -0.1) is 0 Å². The first-order chi connectivity index (χ1) is 23.0. The normalized spacial score (nSPS) is 13.9. The number of morpholine rings is 1. The van der Waals surface area contributed by atoms with Crippen LogP contribution in [0.2, 0.25) is 0 Å². The Kier molecular flexibility index (Phi) is 11.4. The predicted octanol–water partition coefficient (Wildman–Crippen LogP) is 5.33. The highest BCUT2D eigenvalue weighted by Crippen LogP contribution is 2.36. The van der Waals surface area contributed by atoms with Crippen LogP contribution in [0.4, 0.5) is 10.1 Å². The molecule has 0 saturated carbocycles. The zero-order valence-electron chi connectivity index (χ0n) is 28.3. The molecule has 4 aromatic rings. The maximum Gasteiger partial charge on any atom is 0.221 e. The second kappa shape index (κ2) is 15.7. The van der Waals surface area contributed by atoms with E-state index in [1.54, 1.807) is 37.6 Å². The molecule has 0 aliphatic carbocycles. The molecule has 3 heterocycles. The van der Waals surface area contributed by atoms with E-state index < -0.39 is 5.82 Å². The SMILES string of the molecule is COCCOc1cc2nccc(Oc3ccc(CC(=O)Cc4cc(C(C)(C)C)nn4CCN4CCOCC4)cc3F)c2cc1NC(C)=O. The van der Waals surface area contributed by atoms with E-state index in [9.17, 15) is 9.59 Å². The van der Waals surface area contributed by atoms with E-state index in [1.165, 1.54) is 19.1 Å². The Balaban J connectivity index is 1.29. The summed E-state index contributed by atoms with van der Waals surface area (Å²) in [4.78, 5) is 31.9. The molecule has 0 atom stereocenters. The van der Waals surface area contributed by atoms with Crippen LogP contribution in [0.3, 0.4) is 0 Å². The summed E-state index contributed by atoms with van der Waals surface area (Å²) in [6, 6.07) is 11.6. The molecule has 256 valence electrons. The Morgan fingerprint density at radius 3 is 2.48 bits per heavy atom. The van der Waals surface area contributed by atoms with Crippen molar-refractivity contribution in [2.24, 2.45) is 0 Å². The molecule has 1 fully saturated rings. The van der Waals surface area contributed by atoms with Crippen LogP contribution in [0.15, 0.2) is 48.7 Å². The average Bonchev–Trinajstić information content (AvgIpc) is 3.45. The van der Waals surface area contributed by atoms with Gasteiger partial charge in [0.25, 0.3) is 0 Å². The van der Waals surface area contributed by atoms with E-state index in [0.29, 0.717) is 46.8 Å². The number of carbonyl (C=O) groups excluding carboxylic acids is 2. The smallest absolute Gasteiger partial charge is 0.221 e. The number of ketones is 1. The standard InChI is InChI=1S/C36H44FN5O6/c1-24(43)39-31-22-28-30(23-34(31)47-17-16-45-5)38-9-8-32(28)48-33-7-6-25(19-29(33)37)18-27(44)20-26-21-35(36(2,3)4)40-42(26)11-10-41-12-14-46-15-13-41/h6-9,19,21-23H,10-18,20H2,1-5H3,(H,39,43). The van der Waals surface area contributed by atoms with Gasteiger partial charge in [-0.1, -0.05) is 26.8 Å². The van der Waals surface area contributed by atoms with Crippen LogP contribution >= 0.6 is 0 Å². The monoisotopic (exact) mass is 661 g/mol. The highest BCUT2D eigenvalue weighted by molar-refractivity contribution is 5.97. The van der Waals surface area contributed by atoms with Gasteiger partial charge in [0, 0.05) is 75.3 Å². The summed E-state index contributed by atoms with van der Waals surface area (Å²) in [5.41, 5.74) is 3.14. The molecule has 1 amide bonds. The van der Waals surface area contributed by atoms with E-state index in [0.717, 1.165) is 44.2 Å². The lowest BCUT2D eigenvalue weighted by Crippen LogP contribution is -2.38. The minimum atomic E-state index is -0.600. The molecule has 0 radical (unpaired) electrons. The molecule has 0 bridgehead atoms. The van der Waals surface area contributed by atoms with Gasteiger partial charge in [0.05, 0.1) is 43.3 Å². The number of pyridine rings is 1. The Bertz CT molecular complexity index is 1740. The lowest BCUT2D eigenvalue weighted by atomic mass is 9.92. The highest BCUT2D eigenvalue weighted by Gasteiger charge is 2.22. The number of hydrogen-bond acceptors (Lipinski definition) is 9. The number of anilines is 1. The topological polar surface area (TPSA) is 117 Å². The quantitative estimate of drug-likeness (QED) is 0.179. The molecule has 5 rings (SSSR count). The molecule has 1 aliphatic rings. The lowest BCUT2D eigenvalue weighted by molar-refractivity contribution is -0.118. The number of hydrogen-bond donors (Lipinski definition) is 1. The van der Waals surface area contributed by atoms with Crippen molar-refractivity contribution in [3.05, 3.63) is 71.4 Å². The number of Topliss-reactive ketones (excluding diaryl/α,β-unsaturated/α-hetero) is 1. The van der Waals surface area contributed by atoms with Gasteiger partial charge in [-0.05, 0) is 35.9 Å². The van der Waals surface area contributed by atoms with Crippen molar-refractivity contribution in [1.82, 2.24) is 19.7 Å². The Hall–Kier alpha value is -4.39. The number of ether oxygens (including phenoxy) is 4. The Morgan fingerprint density at radius 2 is 1.77 bits per heavy atom. The van der Waals surface area contributed by atoms with Crippen molar-refractivity contribution in [3.8, 4) is 17.2 Å². The summed E-state index contributed by atoms with van der Waals surface area (Å²) in [5.74, 6) is -0.147. The fraction of sp³-hybridized carbons (Fsp3) is 0.444. The third kappa shape index (κ3) is 9.15. The number of halogens is 1. The summed E-state index contributed by atoms with van der Waals surface area (Å²) >= 11 is 0. The van der Waals surface area contributed by atoms with Gasteiger partial charge < -0.3 is 24.3 Å².